The second kappa shape index (κ2) is 3.30. The van der Waals surface area contributed by atoms with Crippen molar-refractivity contribution in [1.29, 1.82) is 0 Å². The summed E-state index contributed by atoms with van der Waals surface area (Å²) < 4.78 is 5.77. The number of hydrogen-bond donors (Lipinski definition) is 0. The van der Waals surface area contributed by atoms with Crippen LogP contribution in [-0.2, 0) is 0 Å². The average Bonchev–Trinajstić information content (AvgIpc) is 2.16. The topological polar surface area (TPSA) is 35.0 Å². The fourth-order valence-corrected chi connectivity index (χ4v) is 1.37. The van der Waals surface area contributed by atoms with Crippen molar-refractivity contribution in [2.24, 2.45) is 0 Å². The van der Waals surface area contributed by atoms with Crippen LogP contribution in [0.15, 0.2) is 28.9 Å². The normalized spacial score (nSPS) is 10.3. The lowest BCUT2D eigenvalue weighted by Crippen LogP contribution is -1.89. The Morgan fingerprint density at radius 1 is 1.15 bits per heavy atom. The van der Waals surface area contributed by atoms with Crippen molar-refractivity contribution >= 4 is 27.0 Å². The molecule has 0 N–H and O–H groups in total. The van der Waals surface area contributed by atoms with Crippen LogP contribution in [-0.4, -0.2) is 17.1 Å². The maximum absolute atomic E-state index is 5.00. The van der Waals surface area contributed by atoms with Crippen molar-refractivity contribution in [2.75, 3.05) is 7.11 Å². The minimum Gasteiger partial charge on any atom is -0.481 e. The molecule has 0 radical (unpaired) electrons. The SMILES string of the molecule is COc1ccc2ccc(Br)nc2n1. The van der Waals surface area contributed by atoms with Gasteiger partial charge in [0.2, 0.25) is 5.88 Å². The number of fused-ring (bicyclic) bond motifs is 1. The van der Waals surface area contributed by atoms with Gasteiger partial charge >= 0.3 is 0 Å². The lowest BCUT2D eigenvalue weighted by molar-refractivity contribution is 0.399. The van der Waals surface area contributed by atoms with E-state index in [1.54, 1.807) is 7.11 Å². The van der Waals surface area contributed by atoms with E-state index in [4.69, 9.17) is 4.74 Å². The molecule has 0 fully saturated rings. The van der Waals surface area contributed by atoms with E-state index in [-0.39, 0.29) is 0 Å². The van der Waals surface area contributed by atoms with E-state index in [1.807, 2.05) is 24.3 Å². The third kappa shape index (κ3) is 1.62. The lowest BCUT2D eigenvalue weighted by atomic mass is 10.3. The highest BCUT2D eigenvalue weighted by molar-refractivity contribution is 9.10. The molecule has 0 aliphatic heterocycles. The first-order chi connectivity index (χ1) is 6.29. The summed E-state index contributed by atoms with van der Waals surface area (Å²) >= 11 is 3.29. The van der Waals surface area contributed by atoms with Crippen molar-refractivity contribution in [3.05, 3.63) is 28.9 Å². The standard InChI is InChI=1S/C9H7BrN2O/c1-13-8-5-3-6-2-4-7(10)11-9(6)12-8/h2-5H,1H3. The van der Waals surface area contributed by atoms with Gasteiger partial charge in [-0.15, -0.1) is 0 Å². The minimum absolute atomic E-state index is 0.582. The molecule has 2 aromatic rings. The number of nitrogens with zero attached hydrogens (tertiary/aromatic N) is 2. The van der Waals surface area contributed by atoms with Gasteiger partial charge in [-0.3, -0.25) is 0 Å². The summed E-state index contributed by atoms with van der Waals surface area (Å²) in [6, 6.07) is 7.59. The Balaban J connectivity index is 2.68. The Kier molecular flexibility index (Phi) is 2.14. The number of halogens is 1. The molecule has 0 atom stereocenters. The molecule has 0 aliphatic carbocycles. The highest BCUT2D eigenvalue weighted by Crippen LogP contribution is 2.16. The summed E-state index contributed by atoms with van der Waals surface area (Å²) in [6.45, 7) is 0. The van der Waals surface area contributed by atoms with Crippen molar-refractivity contribution < 1.29 is 4.74 Å². The van der Waals surface area contributed by atoms with E-state index in [2.05, 4.69) is 25.9 Å². The number of rotatable bonds is 1. The molecule has 0 amide bonds. The average molecular weight is 239 g/mol. The second-order valence-electron chi connectivity index (χ2n) is 2.53. The number of hydrogen-bond acceptors (Lipinski definition) is 3. The van der Waals surface area contributed by atoms with E-state index in [0.29, 0.717) is 11.5 Å². The maximum atomic E-state index is 5.00. The van der Waals surface area contributed by atoms with Crippen LogP contribution in [0, 0.1) is 0 Å². The summed E-state index contributed by atoms with van der Waals surface area (Å²) in [5, 5.41) is 1.00. The van der Waals surface area contributed by atoms with Gasteiger partial charge in [-0.05, 0) is 34.1 Å². The van der Waals surface area contributed by atoms with Gasteiger partial charge in [0.1, 0.15) is 4.60 Å². The van der Waals surface area contributed by atoms with Crippen LogP contribution in [0.2, 0.25) is 0 Å². The summed E-state index contributed by atoms with van der Waals surface area (Å²) in [5.74, 6) is 0.582. The molecular weight excluding hydrogens is 232 g/mol. The van der Waals surface area contributed by atoms with Crippen LogP contribution < -0.4 is 4.74 Å². The van der Waals surface area contributed by atoms with Gasteiger partial charge in [-0.2, -0.15) is 4.98 Å². The van der Waals surface area contributed by atoms with Crippen LogP contribution in [0.1, 0.15) is 0 Å². The number of pyridine rings is 2. The number of methoxy groups -OCH3 is 1. The lowest BCUT2D eigenvalue weighted by Gasteiger charge is -2.00. The first kappa shape index (κ1) is 8.44. The van der Waals surface area contributed by atoms with E-state index in [9.17, 15) is 0 Å². The Hall–Kier alpha value is -1.16. The number of ether oxygens (including phenoxy) is 1. The molecule has 2 rings (SSSR count). The monoisotopic (exact) mass is 238 g/mol. The Labute approximate surface area is 83.9 Å². The molecule has 0 unspecified atom stereocenters. The molecule has 66 valence electrons. The first-order valence-corrected chi connectivity index (χ1v) is 4.56. The molecule has 0 bridgehead atoms. The Bertz CT molecular complexity index is 445. The molecule has 4 heteroatoms. The summed E-state index contributed by atoms with van der Waals surface area (Å²) in [4.78, 5) is 8.40. The predicted octanol–water partition coefficient (Wildman–Crippen LogP) is 2.40. The third-order valence-corrected chi connectivity index (χ3v) is 2.14. The fourth-order valence-electron chi connectivity index (χ4n) is 1.07. The van der Waals surface area contributed by atoms with Crippen LogP contribution in [0.3, 0.4) is 0 Å². The molecule has 3 nitrogen and oxygen atoms in total. The van der Waals surface area contributed by atoms with E-state index < -0.39 is 0 Å². The molecule has 0 saturated heterocycles. The van der Waals surface area contributed by atoms with Crippen molar-refractivity contribution in [3.63, 3.8) is 0 Å². The van der Waals surface area contributed by atoms with Gasteiger partial charge < -0.3 is 4.74 Å². The summed E-state index contributed by atoms with van der Waals surface area (Å²) in [5.41, 5.74) is 0.689. The van der Waals surface area contributed by atoms with Crippen molar-refractivity contribution in [2.45, 2.75) is 0 Å². The zero-order valence-electron chi connectivity index (χ0n) is 6.99. The smallest absolute Gasteiger partial charge is 0.215 e. The molecule has 0 aliphatic rings. The molecule has 0 spiro atoms. The largest absolute Gasteiger partial charge is 0.481 e. The highest BCUT2D eigenvalue weighted by Gasteiger charge is 1.99. The van der Waals surface area contributed by atoms with Gasteiger partial charge in [0.15, 0.2) is 5.65 Å². The molecule has 13 heavy (non-hydrogen) atoms. The van der Waals surface area contributed by atoms with Gasteiger partial charge in [-0.1, -0.05) is 0 Å². The Morgan fingerprint density at radius 3 is 2.69 bits per heavy atom. The first-order valence-electron chi connectivity index (χ1n) is 3.77. The maximum Gasteiger partial charge on any atom is 0.215 e. The quantitative estimate of drug-likeness (QED) is 0.716. The molecule has 2 heterocycles. The highest BCUT2D eigenvalue weighted by atomic mass is 79.9. The second-order valence-corrected chi connectivity index (χ2v) is 3.35. The molecular formula is C9H7BrN2O. The molecule has 2 aromatic heterocycles. The fraction of sp³-hybridized carbons (Fsp3) is 0.111. The molecule has 0 saturated carbocycles. The Morgan fingerprint density at radius 2 is 1.92 bits per heavy atom. The summed E-state index contributed by atoms with van der Waals surface area (Å²) in [7, 11) is 1.59. The zero-order chi connectivity index (χ0) is 9.26. The number of aromatic nitrogens is 2. The van der Waals surface area contributed by atoms with Gasteiger partial charge in [0, 0.05) is 11.5 Å². The van der Waals surface area contributed by atoms with E-state index >= 15 is 0 Å². The van der Waals surface area contributed by atoms with Crippen LogP contribution >= 0.6 is 15.9 Å². The van der Waals surface area contributed by atoms with Crippen molar-refractivity contribution in [1.82, 2.24) is 9.97 Å². The summed E-state index contributed by atoms with van der Waals surface area (Å²) in [6.07, 6.45) is 0. The van der Waals surface area contributed by atoms with Crippen LogP contribution in [0.4, 0.5) is 0 Å². The molecule has 0 aromatic carbocycles. The van der Waals surface area contributed by atoms with Crippen molar-refractivity contribution in [3.8, 4) is 5.88 Å². The third-order valence-electron chi connectivity index (χ3n) is 1.70. The van der Waals surface area contributed by atoms with Gasteiger partial charge in [-0.25, -0.2) is 4.98 Å². The van der Waals surface area contributed by atoms with Gasteiger partial charge in [0.05, 0.1) is 7.11 Å². The minimum atomic E-state index is 0.582. The predicted molar refractivity (Wildman–Crippen MR) is 53.8 cm³/mol. The van der Waals surface area contributed by atoms with Crippen LogP contribution in [0.5, 0.6) is 5.88 Å². The van der Waals surface area contributed by atoms with E-state index in [0.717, 1.165) is 9.99 Å². The zero-order valence-corrected chi connectivity index (χ0v) is 8.58. The van der Waals surface area contributed by atoms with E-state index in [1.165, 1.54) is 0 Å². The van der Waals surface area contributed by atoms with Gasteiger partial charge in [0.25, 0.3) is 0 Å². The van der Waals surface area contributed by atoms with Crippen LogP contribution in [0.25, 0.3) is 11.0 Å².